The van der Waals surface area contributed by atoms with E-state index in [4.69, 9.17) is 178 Å². The topological polar surface area (TPSA) is 272 Å². The number of nitrogens with one attached hydrogen (secondary N) is 1. The third kappa shape index (κ3) is 26.6. The van der Waals surface area contributed by atoms with Gasteiger partial charge >= 0.3 is 12.1 Å². The van der Waals surface area contributed by atoms with Crippen molar-refractivity contribution >= 4 is 105 Å². The van der Waals surface area contributed by atoms with Crippen molar-refractivity contribution in [3.63, 3.8) is 0 Å². The number of aliphatic carboxylic acids is 1. The molecule has 10 N–H and O–H groups in total. The van der Waals surface area contributed by atoms with E-state index in [0.717, 1.165) is 44.5 Å². The summed E-state index contributed by atoms with van der Waals surface area (Å²) in [5.74, 6) is -3.93. The molecular formula is C81H86Cl8F3N5O14. The Balaban J connectivity index is 0.00000178. The summed E-state index contributed by atoms with van der Waals surface area (Å²) in [6.45, 7) is 0.878. The number of amides is 1. The second-order valence-electron chi connectivity index (χ2n) is 26.9. The highest BCUT2D eigenvalue weighted by Crippen LogP contribution is 2.41. The number of ether oxygens (including phenoxy) is 11. The van der Waals surface area contributed by atoms with Crippen LogP contribution in [0.4, 0.5) is 13.2 Å². The van der Waals surface area contributed by atoms with Gasteiger partial charge in [-0.3, -0.25) is 4.79 Å². The summed E-state index contributed by atoms with van der Waals surface area (Å²) >= 11 is 51.2. The van der Waals surface area contributed by atoms with Crippen LogP contribution in [0.3, 0.4) is 0 Å². The van der Waals surface area contributed by atoms with Crippen LogP contribution in [-0.4, -0.2) is 134 Å². The summed E-state index contributed by atoms with van der Waals surface area (Å²) in [5, 5.41) is 14.9. The molecule has 2 saturated heterocycles. The molecule has 0 aromatic heterocycles. The summed E-state index contributed by atoms with van der Waals surface area (Å²) in [4.78, 5) is 24.2. The minimum Gasteiger partial charge on any atom is -0.475 e. The molecule has 1 saturated carbocycles. The molecule has 3 fully saturated rings. The Morgan fingerprint density at radius 2 is 0.775 bits per heavy atom. The Labute approximate surface area is 682 Å². The summed E-state index contributed by atoms with van der Waals surface area (Å²) in [6, 6.07) is 55.9. The second-order valence-corrected chi connectivity index (χ2v) is 30.4. The van der Waals surface area contributed by atoms with Gasteiger partial charge in [-0.2, -0.15) is 13.2 Å². The van der Waals surface area contributed by atoms with Gasteiger partial charge in [-0.1, -0.05) is 190 Å². The highest BCUT2D eigenvalue weighted by molar-refractivity contribution is 6.32. The van der Waals surface area contributed by atoms with Gasteiger partial charge in [0.1, 0.15) is 48.8 Å². The van der Waals surface area contributed by atoms with Crippen LogP contribution in [0.25, 0.3) is 0 Å². The average Bonchev–Trinajstić information content (AvgIpc) is 0.764. The van der Waals surface area contributed by atoms with Gasteiger partial charge in [0.05, 0.1) is 89.9 Å². The molecule has 111 heavy (non-hydrogen) atoms. The fourth-order valence-corrected chi connectivity index (χ4v) is 14.2. The lowest BCUT2D eigenvalue weighted by atomic mass is 9.73. The number of hydrogen-bond donors (Lipinski definition) is 6. The maximum atomic E-state index is 15.3. The van der Waals surface area contributed by atoms with E-state index in [0.29, 0.717) is 40.2 Å². The first-order chi connectivity index (χ1) is 53.4. The highest BCUT2D eigenvalue weighted by atomic mass is 35.5. The van der Waals surface area contributed by atoms with Crippen molar-refractivity contribution in [3.05, 3.63) is 279 Å². The average molecular weight is 1690 g/mol. The van der Waals surface area contributed by atoms with Gasteiger partial charge in [0.15, 0.2) is 6.29 Å². The molecule has 19 nitrogen and oxygen atoms in total. The molecule has 3 aliphatic rings. The molecule has 1 amide bonds. The van der Waals surface area contributed by atoms with Gasteiger partial charge in [0, 0.05) is 58.7 Å². The number of carbonyl (C=O) groups excluding carboxylic acids is 1. The Kier molecular flexibility index (Phi) is 34.1. The second kappa shape index (κ2) is 43.2. The first kappa shape index (κ1) is 87.6. The van der Waals surface area contributed by atoms with Crippen molar-refractivity contribution < 1.29 is 80.0 Å². The van der Waals surface area contributed by atoms with Gasteiger partial charge < -0.3 is 85.5 Å². The van der Waals surface area contributed by atoms with Gasteiger partial charge in [0.25, 0.3) is 0 Å². The summed E-state index contributed by atoms with van der Waals surface area (Å²) in [5.41, 5.74) is 35.0. The molecular weight excluding hydrogens is 1610 g/mol. The van der Waals surface area contributed by atoms with Gasteiger partial charge in [-0.05, 0) is 167 Å². The third-order valence-corrected chi connectivity index (χ3v) is 20.9. The molecule has 2 heterocycles. The van der Waals surface area contributed by atoms with Crippen LogP contribution < -0.4 is 28.3 Å². The van der Waals surface area contributed by atoms with E-state index in [9.17, 15) is 13.2 Å². The first-order valence-corrected chi connectivity index (χ1v) is 38.7. The number of halogens is 11. The molecule has 0 bridgehead atoms. The molecule has 30 heteroatoms. The Bertz CT molecular complexity index is 4150. The number of alkyl halides is 3. The lowest BCUT2D eigenvalue weighted by molar-refractivity contribution is -0.322. The number of carboxylic acids is 1. The van der Waals surface area contributed by atoms with Crippen molar-refractivity contribution in [2.24, 2.45) is 28.9 Å². The lowest BCUT2D eigenvalue weighted by Crippen LogP contribution is -2.68. The van der Waals surface area contributed by atoms with Crippen molar-refractivity contribution in [2.75, 3.05) is 19.7 Å². The molecule has 0 radical (unpaired) electrons. The molecule has 0 spiro atoms. The predicted molar refractivity (Wildman–Crippen MR) is 421 cm³/mol. The molecule has 16 atom stereocenters. The summed E-state index contributed by atoms with van der Waals surface area (Å²) in [7, 11) is 0. The van der Waals surface area contributed by atoms with Crippen LogP contribution in [-0.2, 0) is 115 Å². The Morgan fingerprint density at radius 3 is 1.14 bits per heavy atom. The minimum atomic E-state index is -5.08. The molecule has 0 unspecified atom stereocenters. The van der Waals surface area contributed by atoms with Crippen LogP contribution in [0.5, 0.6) is 0 Å². The van der Waals surface area contributed by atoms with E-state index in [2.05, 4.69) is 5.32 Å². The number of rotatable bonds is 34. The van der Waals surface area contributed by atoms with Crippen molar-refractivity contribution in [1.29, 1.82) is 0 Å². The quantitative estimate of drug-likeness (QED) is 0.0219. The smallest absolute Gasteiger partial charge is 0.475 e. The monoisotopic (exact) mass is 1690 g/mol. The zero-order valence-electron chi connectivity index (χ0n) is 59.8. The van der Waals surface area contributed by atoms with Crippen molar-refractivity contribution in [2.45, 2.75) is 170 Å². The summed E-state index contributed by atoms with van der Waals surface area (Å²) < 4.78 is 109. The van der Waals surface area contributed by atoms with Crippen molar-refractivity contribution in [1.82, 2.24) is 5.32 Å². The fourth-order valence-electron chi connectivity index (χ4n) is 13.1. The van der Waals surface area contributed by atoms with E-state index in [1.165, 1.54) is 0 Å². The number of hydrogen-bond acceptors (Lipinski definition) is 17. The van der Waals surface area contributed by atoms with E-state index < -0.39 is 116 Å². The molecule has 1 aliphatic carbocycles. The van der Waals surface area contributed by atoms with E-state index in [1.807, 2.05) is 97.1 Å². The molecule has 2 aliphatic heterocycles. The summed E-state index contributed by atoms with van der Waals surface area (Å²) in [6.07, 6.45) is -16.3. The Hall–Kier alpha value is -5.79. The number of benzene rings is 8. The van der Waals surface area contributed by atoms with Crippen molar-refractivity contribution in [3.8, 4) is 0 Å². The normalized spacial score (nSPS) is 24.3. The molecule has 8 aromatic rings. The SMILES string of the molecule is NCC[C@H](OCc1ccc(Cl)cc1)C(=O)N[C@@H]1C[C@H](N)[C@@H](C[C@H]2O[C@H](CN)[C@@H](OCc3ccc(Cl)cc3)[C@H](OCc3ccc(Cl)cc3)[C@H]2OCc2ccc(Cl)cc2)[C@H](OCc2ccc(Cl)cc2)[C@H]1O[C@H]1O[C@H](COCc2ccc(Cl)cc2)[C@@H](OCc2ccc(Cl)cc2)[C@H](N)[C@H]1OCc1ccc(Cl)cc1.O=C(O)C(F)(F)F. The molecule has 8 aromatic carbocycles. The van der Waals surface area contributed by atoms with Crippen LogP contribution in [0.1, 0.15) is 63.8 Å². The van der Waals surface area contributed by atoms with Gasteiger partial charge in [-0.25, -0.2) is 4.79 Å². The zero-order chi connectivity index (χ0) is 79.1. The third-order valence-electron chi connectivity index (χ3n) is 18.9. The maximum absolute atomic E-state index is 15.3. The minimum absolute atomic E-state index is 0.00921. The van der Waals surface area contributed by atoms with Crippen LogP contribution in [0, 0.1) is 5.92 Å². The highest BCUT2D eigenvalue weighted by Gasteiger charge is 2.55. The Morgan fingerprint density at radius 1 is 0.441 bits per heavy atom. The van der Waals surface area contributed by atoms with Gasteiger partial charge in [-0.15, -0.1) is 0 Å². The lowest BCUT2D eigenvalue weighted by Gasteiger charge is -2.52. The van der Waals surface area contributed by atoms with Crippen LogP contribution in [0.2, 0.25) is 40.2 Å². The zero-order valence-corrected chi connectivity index (χ0v) is 65.9. The van der Waals surface area contributed by atoms with Crippen LogP contribution >= 0.6 is 92.8 Å². The molecule has 11 rings (SSSR count). The number of nitrogens with two attached hydrogens (primary N) is 4. The van der Waals surface area contributed by atoms with Crippen LogP contribution in [0.15, 0.2) is 194 Å². The largest absolute Gasteiger partial charge is 0.490 e. The van der Waals surface area contributed by atoms with E-state index in [1.54, 1.807) is 97.1 Å². The van der Waals surface area contributed by atoms with Gasteiger partial charge in [0.2, 0.25) is 5.91 Å². The van der Waals surface area contributed by atoms with E-state index in [-0.39, 0.29) is 91.8 Å². The fraction of sp³-hybridized carbons (Fsp3) is 0.383. The standard InChI is InChI=1S/C79H85Cl8N5O12.C2HF3O2/c80-55-17-1-47(2-18-55)38-94-46-69-73(97-41-50-7-23-58(83)24-8-50)70(91)76(100-44-53-13-29-61(86)30-14-53)79(103-69)104-72-65(92-78(93)66(33-34-88)95-39-48-3-19-56(81)20-4-48)36-64(90)63(71(72)96-40-49-5-21-57(82)22-6-49)35-67-74(98-42-51-9-25-59(84)26-10-51)77(101-45-54-15-31-62(87)32-16-54)75(68(37-89)102-67)99-43-52-11-27-60(85)28-12-52;3-2(4,5)1(6)7/h1-32,63-77,79H,33-46,88-91H2,(H,92,93);(H,6,7)/t63-,64+,65-,66+,67-,68-,69-,70+,71+,72+,73-,74+,75-,76-,77-,79-;/m1./s1. The number of carbonyl (C=O) groups is 2. The predicted octanol–water partition coefficient (Wildman–Crippen LogP) is 15.9. The maximum Gasteiger partial charge on any atom is 0.490 e. The number of carboxylic acid groups (broad SMARTS) is 1. The first-order valence-electron chi connectivity index (χ1n) is 35.7. The molecule has 596 valence electrons. The van der Waals surface area contributed by atoms with E-state index >= 15 is 4.79 Å².